The molecular formula is C21H21FN4O4. The minimum atomic E-state index is -0.540. The summed E-state index contributed by atoms with van der Waals surface area (Å²) < 4.78 is 24.7. The summed E-state index contributed by atoms with van der Waals surface area (Å²) in [6.07, 6.45) is 2.85. The highest BCUT2D eigenvalue weighted by molar-refractivity contribution is 6.07. The second kappa shape index (κ2) is 8.03. The number of aromatic nitrogens is 2. The molecule has 0 bridgehead atoms. The number of ether oxygens (including phenoxy) is 2. The smallest absolute Gasteiger partial charge is 0.255 e. The third-order valence-electron chi connectivity index (χ3n) is 5.04. The Morgan fingerprint density at radius 1 is 1.33 bits per heavy atom. The Hall–Kier alpha value is -3.59. The van der Waals surface area contributed by atoms with E-state index < -0.39 is 5.82 Å². The third-order valence-corrected chi connectivity index (χ3v) is 5.04. The van der Waals surface area contributed by atoms with E-state index in [0.717, 1.165) is 0 Å². The fourth-order valence-electron chi connectivity index (χ4n) is 3.69. The summed E-state index contributed by atoms with van der Waals surface area (Å²) in [5, 5.41) is 16.4. The van der Waals surface area contributed by atoms with Gasteiger partial charge in [-0.15, -0.1) is 0 Å². The molecule has 4 rings (SSSR count). The van der Waals surface area contributed by atoms with Gasteiger partial charge in [0.05, 0.1) is 42.5 Å². The predicted octanol–water partition coefficient (Wildman–Crippen LogP) is 3.15. The predicted molar refractivity (Wildman–Crippen MR) is 109 cm³/mol. The summed E-state index contributed by atoms with van der Waals surface area (Å²) in [6.45, 7) is 0.795. The summed E-state index contributed by atoms with van der Waals surface area (Å²) in [4.78, 5) is 20.0. The van der Waals surface area contributed by atoms with E-state index in [1.165, 1.54) is 31.6 Å². The number of benzene rings is 1. The average molecular weight is 412 g/mol. The monoisotopic (exact) mass is 412 g/mol. The van der Waals surface area contributed by atoms with Crippen LogP contribution in [0.3, 0.4) is 0 Å². The molecule has 4 N–H and O–H groups in total. The molecule has 9 heteroatoms. The highest BCUT2D eigenvalue weighted by Crippen LogP contribution is 2.43. The zero-order chi connectivity index (χ0) is 21.3. The lowest BCUT2D eigenvalue weighted by atomic mass is 9.97. The molecule has 3 heterocycles. The van der Waals surface area contributed by atoms with Gasteiger partial charge in [-0.05, 0) is 18.2 Å². The van der Waals surface area contributed by atoms with E-state index in [4.69, 9.17) is 9.47 Å². The molecule has 0 spiro atoms. The molecule has 0 aliphatic carbocycles. The summed E-state index contributed by atoms with van der Waals surface area (Å²) in [6, 6.07) is 6.10. The van der Waals surface area contributed by atoms with E-state index >= 15 is 0 Å². The Morgan fingerprint density at radius 3 is 2.90 bits per heavy atom. The Bertz CT molecular complexity index is 1100. The standard InChI is InChI=1S/C21H21FN4O4/c1-29-10-11-8-24-21(28)16-17(11)26-18(12-6-7-23-9-15(12)27)19(16)25-14-5-3-4-13(22)20(14)30-2/h3-7,9,11,25-27H,8,10H2,1-2H3,(H,24,28)/t11-/m1/s1. The van der Waals surface area contributed by atoms with Gasteiger partial charge in [-0.1, -0.05) is 6.07 Å². The van der Waals surface area contributed by atoms with Gasteiger partial charge in [-0.2, -0.15) is 0 Å². The number of nitrogens with one attached hydrogen (secondary N) is 3. The van der Waals surface area contributed by atoms with Crippen LogP contribution in [0.15, 0.2) is 36.7 Å². The minimum Gasteiger partial charge on any atom is -0.506 e. The zero-order valence-corrected chi connectivity index (χ0v) is 16.5. The van der Waals surface area contributed by atoms with Crippen molar-refractivity contribution in [3.8, 4) is 22.8 Å². The summed E-state index contributed by atoms with van der Waals surface area (Å²) >= 11 is 0. The van der Waals surface area contributed by atoms with Crippen molar-refractivity contribution in [2.75, 3.05) is 32.7 Å². The molecule has 1 aliphatic heterocycles. The van der Waals surface area contributed by atoms with E-state index in [1.54, 1.807) is 19.2 Å². The number of anilines is 2. The van der Waals surface area contributed by atoms with Gasteiger partial charge in [0.15, 0.2) is 11.6 Å². The van der Waals surface area contributed by atoms with Crippen LogP contribution in [0.4, 0.5) is 15.8 Å². The largest absolute Gasteiger partial charge is 0.506 e. The number of nitrogens with zero attached hydrogens (tertiary/aromatic N) is 1. The van der Waals surface area contributed by atoms with Crippen molar-refractivity contribution in [1.29, 1.82) is 0 Å². The first-order valence-electron chi connectivity index (χ1n) is 9.31. The van der Waals surface area contributed by atoms with E-state index in [1.807, 2.05) is 0 Å². The number of rotatable bonds is 6. The third kappa shape index (κ3) is 3.33. The van der Waals surface area contributed by atoms with Crippen molar-refractivity contribution in [1.82, 2.24) is 15.3 Å². The van der Waals surface area contributed by atoms with E-state index in [0.29, 0.717) is 47.0 Å². The number of aromatic amines is 1. The SMILES string of the molecule is COC[C@H]1CNC(=O)c2c1[nH]c(-c1ccncc1O)c2Nc1cccc(F)c1OC. The summed E-state index contributed by atoms with van der Waals surface area (Å²) in [7, 11) is 2.96. The highest BCUT2D eigenvalue weighted by atomic mass is 19.1. The van der Waals surface area contributed by atoms with Gasteiger partial charge < -0.3 is 30.2 Å². The Labute approximate surface area is 172 Å². The van der Waals surface area contributed by atoms with E-state index in [2.05, 4.69) is 20.6 Å². The highest BCUT2D eigenvalue weighted by Gasteiger charge is 2.33. The number of hydrogen-bond donors (Lipinski definition) is 4. The van der Waals surface area contributed by atoms with Gasteiger partial charge in [-0.25, -0.2) is 4.39 Å². The minimum absolute atomic E-state index is 0.0157. The molecule has 156 valence electrons. The van der Waals surface area contributed by atoms with Crippen LogP contribution < -0.4 is 15.4 Å². The molecule has 30 heavy (non-hydrogen) atoms. The maximum atomic E-state index is 14.2. The van der Waals surface area contributed by atoms with Gasteiger partial charge in [-0.3, -0.25) is 9.78 Å². The molecule has 2 aromatic heterocycles. The number of para-hydroxylation sites is 1. The van der Waals surface area contributed by atoms with Crippen molar-refractivity contribution in [2.24, 2.45) is 0 Å². The van der Waals surface area contributed by atoms with Crippen molar-refractivity contribution < 1.29 is 23.8 Å². The number of hydrogen-bond acceptors (Lipinski definition) is 6. The lowest BCUT2D eigenvalue weighted by Crippen LogP contribution is -2.36. The Kier molecular flexibility index (Phi) is 5.28. The average Bonchev–Trinajstić information content (AvgIpc) is 3.11. The van der Waals surface area contributed by atoms with Crippen LogP contribution in [0.5, 0.6) is 11.5 Å². The number of methoxy groups -OCH3 is 2. The second-order valence-electron chi connectivity index (χ2n) is 6.86. The number of halogens is 1. The number of H-pyrrole nitrogens is 1. The molecule has 0 unspecified atom stereocenters. The van der Waals surface area contributed by atoms with Gasteiger partial charge >= 0.3 is 0 Å². The first-order valence-corrected chi connectivity index (χ1v) is 9.31. The number of carbonyl (C=O) groups is 1. The first kappa shape index (κ1) is 19.7. The topological polar surface area (TPSA) is 108 Å². The van der Waals surface area contributed by atoms with Crippen LogP contribution in [0.1, 0.15) is 22.0 Å². The maximum absolute atomic E-state index is 14.2. The van der Waals surface area contributed by atoms with Crippen molar-refractivity contribution >= 4 is 17.3 Å². The van der Waals surface area contributed by atoms with Crippen molar-refractivity contribution in [3.63, 3.8) is 0 Å². The van der Waals surface area contributed by atoms with Crippen LogP contribution in [0.2, 0.25) is 0 Å². The lowest BCUT2D eigenvalue weighted by Gasteiger charge is -2.23. The Balaban J connectivity index is 1.93. The molecule has 1 aromatic carbocycles. The van der Waals surface area contributed by atoms with Crippen molar-refractivity contribution in [2.45, 2.75) is 5.92 Å². The van der Waals surface area contributed by atoms with Gasteiger partial charge in [0.25, 0.3) is 5.91 Å². The molecule has 0 fully saturated rings. The number of pyridine rings is 1. The molecular weight excluding hydrogens is 391 g/mol. The summed E-state index contributed by atoms with van der Waals surface area (Å²) in [5.41, 5.74) is 2.71. The van der Waals surface area contributed by atoms with E-state index in [9.17, 15) is 14.3 Å². The molecule has 1 atom stereocenters. The fraction of sp³-hybridized carbons (Fsp3) is 0.238. The van der Waals surface area contributed by atoms with Gasteiger partial charge in [0.1, 0.15) is 5.75 Å². The Morgan fingerprint density at radius 2 is 2.17 bits per heavy atom. The number of carbonyl (C=O) groups excluding carboxylic acids is 1. The van der Waals surface area contributed by atoms with Gasteiger partial charge in [0.2, 0.25) is 0 Å². The quantitative estimate of drug-likeness (QED) is 0.495. The van der Waals surface area contributed by atoms with Gasteiger partial charge in [0, 0.05) is 37.0 Å². The molecule has 8 nitrogen and oxygen atoms in total. The van der Waals surface area contributed by atoms with Crippen molar-refractivity contribution in [3.05, 3.63) is 53.7 Å². The lowest BCUT2D eigenvalue weighted by molar-refractivity contribution is 0.0925. The molecule has 1 amide bonds. The fourth-order valence-corrected chi connectivity index (χ4v) is 3.69. The molecule has 3 aromatic rings. The van der Waals surface area contributed by atoms with Crippen LogP contribution in [0, 0.1) is 5.82 Å². The number of amides is 1. The van der Waals surface area contributed by atoms with E-state index in [-0.39, 0.29) is 23.3 Å². The normalized spacial score (nSPS) is 15.4. The molecule has 0 radical (unpaired) electrons. The van der Waals surface area contributed by atoms with Crippen LogP contribution in [-0.2, 0) is 4.74 Å². The first-order chi connectivity index (χ1) is 14.5. The second-order valence-corrected chi connectivity index (χ2v) is 6.86. The van der Waals surface area contributed by atoms with Crippen LogP contribution >= 0.6 is 0 Å². The maximum Gasteiger partial charge on any atom is 0.255 e. The molecule has 0 saturated carbocycles. The molecule has 0 saturated heterocycles. The number of aromatic hydroxyl groups is 1. The molecule has 1 aliphatic rings. The zero-order valence-electron chi connectivity index (χ0n) is 16.5. The number of fused-ring (bicyclic) bond motifs is 1. The summed E-state index contributed by atoms with van der Waals surface area (Å²) in [5.74, 6) is -0.986. The van der Waals surface area contributed by atoms with Crippen LogP contribution in [0.25, 0.3) is 11.3 Å². The van der Waals surface area contributed by atoms with Crippen LogP contribution in [-0.4, -0.2) is 48.4 Å².